The molecule has 218 valence electrons. The van der Waals surface area contributed by atoms with Gasteiger partial charge in [-0.3, -0.25) is 0 Å². The van der Waals surface area contributed by atoms with E-state index in [1.165, 1.54) is 13.2 Å². The van der Waals surface area contributed by atoms with Crippen LogP contribution in [0, 0.1) is 36.8 Å². The molecule has 0 radical (unpaired) electrons. The van der Waals surface area contributed by atoms with Crippen LogP contribution in [0.5, 0.6) is 5.75 Å². The maximum atomic E-state index is 13.1. The summed E-state index contributed by atoms with van der Waals surface area (Å²) in [7, 11) is -2.94. The van der Waals surface area contributed by atoms with Crippen LogP contribution in [-0.4, -0.2) is 61.8 Å². The molecule has 1 fully saturated rings. The zero-order valence-electron chi connectivity index (χ0n) is 24.0. The van der Waals surface area contributed by atoms with Crippen LogP contribution >= 0.6 is 0 Å². The smallest absolute Gasteiger partial charge is 0.437 e. The fraction of sp³-hybridized carbons (Fsp3) is 0.640. The van der Waals surface area contributed by atoms with Gasteiger partial charge < -0.3 is 29.6 Å². The minimum Gasteiger partial charge on any atom is -0.496 e. The van der Waals surface area contributed by atoms with Gasteiger partial charge in [0.15, 0.2) is 0 Å². The van der Waals surface area contributed by atoms with Crippen molar-refractivity contribution in [1.82, 2.24) is 10.0 Å². The van der Waals surface area contributed by atoms with Gasteiger partial charge in [0.25, 0.3) is 0 Å². The highest BCUT2D eigenvalue weighted by Crippen LogP contribution is 2.46. The molecule has 2 atom stereocenters. The molecule has 39 heavy (non-hydrogen) atoms. The Morgan fingerprint density at radius 1 is 1.10 bits per heavy atom. The summed E-state index contributed by atoms with van der Waals surface area (Å²) in [5.74, 6) is -1.96. The maximum Gasteiger partial charge on any atom is 0.437 e. The Hall–Kier alpha value is -3.42. The normalized spacial score (nSPS) is 19.6. The number of amides is 1. The average molecular weight is 571 g/mol. The van der Waals surface area contributed by atoms with E-state index in [1.807, 2.05) is 4.72 Å². The number of guanidine groups is 1. The summed E-state index contributed by atoms with van der Waals surface area (Å²) in [5.41, 5.74) is -1.76. The standard InChI is InChI=1S/C25H38N4O9S/c1-14-11-18(15(2)16(3)19(14)36-10)39(34,35)28-21(29(32)33)26-13-17-12-25(17,20(30)37-23(4,5)6)27-22(31)38-24(7,8)9/h11,17H,12-13H2,1-10H3,(H,26,28)(H,27,31)/t17-,25-/m0/s1. The molecular weight excluding hydrogens is 532 g/mol. The lowest BCUT2D eigenvalue weighted by molar-refractivity contribution is -0.354. The minimum atomic E-state index is -4.40. The number of hydrogen-bond acceptors (Lipinski definition) is 10. The predicted octanol–water partition coefficient (Wildman–Crippen LogP) is 3.16. The summed E-state index contributed by atoms with van der Waals surface area (Å²) in [6.07, 6.45) is -0.797. The van der Waals surface area contributed by atoms with Gasteiger partial charge in [0.05, 0.1) is 7.11 Å². The molecule has 2 N–H and O–H groups in total. The summed E-state index contributed by atoms with van der Waals surface area (Å²) >= 11 is 0. The topological polar surface area (TPSA) is 176 Å². The molecule has 1 aliphatic rings. The first-order chi connectivity index (χ1) is 17.6. The number of carbonyl (C=O) groups is 2. The molecule has 14 heteroatoms. The summed E-state index contributed by atoms with van der Waals surface area (Å²) in [5, 5.41) is 14.3. The Bertz CT molecular complexity index is 1290. The Morgan fingerprint density at radius 3 is 2.15 bits per heavy atom. The molecule has 2 rings (SSSR count). The quantitative estimate of drug-likeness (QED) is 0.164. The van der Waals surface area contributed by atoms with Crippen molar-refractivity contribution in [3.63, 3.8) is 0 Å². The van der Waals surface area contributed by atoms with Crippen LogP contribution in [0.15, 0.2) is 16.0 Å². The number of nitrogens with zero attached hydrogens (tertiary/aromatic N) is 2. The highest BCUT2D eigenvalue weighted by molar-refractivity contribution is 7.90. The number of carbonyl (C=O) groups excluding carboxylic acids is 2. The molecule has 0 saturated heterocycles. The van der Waals surface area contributed by atoms with Crippen molar-refractivity contribution in [2.24, 2.45) is 10.9 Å². The summed E-state index contributed by atoms with van der Waals surface area (Å²) in [6, 6.07) is 1.36. The van der Waals surface area contributed by atoms with E-state index in [-0.39, 0.29) is 17.9 Å². The lowest BCUT2D eigenvalue weighted by Gasteiger charge is -2.26. The van der Waals surface area contributed by atoms with Crippen molar-refractivity contribution in [3.05, 3.63) is 32.9 Å². The van der Waals surface area contributed by atoms with Gasteiger partial charge in [-0.1, -0.05) is 0 Å². The van der Waals surface area contributed by atoms with Gasteiger partial charge in [-0.2, -0.15) is 13.1 Å². The zero-order valence-corrected chi connectivity index (χ0v) is 24.9. The van der Waals surface area contributed by atoms with Crippen molar-refractivity contribution >= 4 is 28.0 Å². The number of alkyl carbamates (subject to hydrolysis) is 1. The number of nitro groups is 1. The number of aliphatic imine (C=N–C) groups is 1. The Labute approximate surface area is 228 Å². The summed E-state index contributed by atoms with van der Waals surface area (Å²) in [4.78, 5) is 39.9. The molecule has 0 spiro atoms. The van der Waals surface area contributed by atoms with Crippen LogP contribution in [0.3, 0.4) is 0 Å². The molecular formula is C25H38N4O9S. The zero-order chi connectivity index (χ0) is 30.1. The Kier molecular flexibility index (Phi) is 8.96. The van der Waals surface area contributed by atoms with Crippen LogP contribution in [0.2, 0.25) is 0 Å². The number of hydrogen-bond donors (Lipinski definition) is 2. The summed E-state index contributed by atoms with van der Waals surface area (Å²) < 4.78 is 44.2. The maximum absolute atomic E-state index is 13.1. The number of aryl methyl sites for hydroxylation is 1. The molecule has 1 aromatic carbocycles. The largest absolute Gasteiger partial charge is 0.496 e. The van der Waals surface area contributed by atoms with Gasteiger partial charge in [-0.05, 0) is 96.4 Å². The average Bonchev–Trinajstić information content (AvgIpc) is 3.44. The third kappa shape index (κ3) is 7.80. The van der Waals surface area contributed by atoms with E-state index in [4.69, 9.17) is 14.2 Å². The second kappa shape index (κ2) is 11.0. The predicted molar refractivity (Wildman–Crippen MR) is 143 cm³/mol. The van der Waals surface area contributed by atoms with E-state index in [1.54, 1.807) is 62.3 Å². The van der Waals surface area contributed by atoms with Crippen LogP contribution in [0.4, 0.5) is 4.79 Å². The van der Waals surface area contributed by atoms with Gasteiger partial charge in [0, 0.05) is 5.92 Å². The lowest BCUT2D eigenvalue weighted by atomic mass is 10.1. The summed E-state index contributed by atoms with van der Waals surface area (Å²) in [6.45, 7) is 14.5. The molecule has 0 heterocycles. The van der Waals surface area contributed by atoms with Crippen LogP contribution in [0.25, 0.3) is 0 Å². The molecule has 1 aromatic rings. The third-order valence-electron chi connectivity index (χ3n) is 5.92. The number of ether oxygens (including phenoxy) is 3. The Balaban J connectivity index is 2.34. The van der Waals surface area contributed by atoms with E-state index < -0.39 is 55.6 Å². The van der Waals surface area contributed by atoms with Crippen molar-refractivity contribution in [1.29, 1.82) is 0 Å². The number of esters is 1. The second-order valence-electron chi connectivity index (χ2n) is 11.5. The first kappa shape index (κ1) is 31.8. The highest BCUT2D eigenvalue weighted by Gasteiger charge is 2.64. The van der Waals surface area contributed by atoms with Crippen molar-refractivity contribution < 1.29 is 37.1 Å². The third-order valence-corrected chi connectivity index (χ3v) is 7.38. The SMILES string of the molecule is COc1c(C)cc(S(=O)(=O)NC(=NC[C@@H]2C[C@@]2(NC(=O)OC(C)(C)C)C(=O)OC(C)(C)C)[N+](=O)[O-])c(C)c1C. The van der Waals surface area contributed by atoms with Crippen LogP contribution < -0.4 is 14.8 Å². The van der Waals surface area contributed by atoms with Gasteiger partial charge >= 0.3 is 28.0 Å². The van der Waals surface area contributed by atoms with Crippen LogP contribution in [0.1, 0.15) is 64.7 Å². The molecule has 0 unspecified atom stereocenters. The monoisotopic (exact) mass is 570 g/mol. The number of sulfonamides is 1. The van der Waals surface area contributed by atoms with Gasteiger partial charge in [-0.25, -0.2) is 9.59 Å². The van der Waals surface area contributed by atoms with Crippen molar-refractivity contribution in [3.8, 4) is 5.75 Å². The lowest BCUT2D eigenvalue weighted by Crippen LogP contribution is -2.49. The van der Waals surface area contributed by atoms with Crippen LogP contribution in [-0.2, 0) is 24.3 Å². The van der Waals surface area contributed by atoms with Gasteiger partial charge in [-0.15, -0.1) is 4.99 Å². The minimum absolute atomic E-state index is 0.0678. The van der Waals surface area contributed by atoms with Gasteiger partial charge in [0.1, 0.15) is 33.9 Å². The van der Waals surface area contributed by atoms with E-state index in [2.05, 4.69) is 10.3 Å². The molecule has 0 aliphatic heterocycles. The second-order valence-corrected chi connectivity index (χ2v) is 13.2. The molecule has 0 bridgehead atoms. The molecule has 1 saturated carbocycles. The van der Waals surface area contributed by atoms with E-state index in [0.717, 1.165) is 0 Å². The fourth-order valence-electron chi connectivity index (χ4n) is 3.97. The van der Waals surface area contributed by atoms with Crippen molar-refractivity contribution in [2.75, 3.05) is 13.7 Å². The first-order valence-electron chi connectivity index (χ1n) is 12.2. The molecule has 13 nitrogen and oxygen atoms in total. The van der Waals surface area contributed by atoms with Gasteiger partial charge in [0.2, 0.25) is 0 Å². The van der Waals surface area contributed by atoms with E-state index in [9.17, 15) is 28.1 Å². The van der Waals surface area contributed by atoms with Crippen molar-refractivity contribution in [2.45, 2.75) is 90.4 Å². The molecule has 1 amide bonds. The van der Waals surface area contributed by atoms with E-state index in [0.29, 0.717) is 22.4 Å². The fourth-order valence-corrected chi connectivity index (χ4v) is 5.35. The highest BCUT2D eigenvalue weighted by atomic mass is 32.2. The number of methoxy groups -OCH3 is 1. The number of benzene rings is 1. The first-order valence-corrected chi connectivity index (χ1v) is 13.7. The van der Waals surface area contributed by atoms with E-state index >= 15 is 0 Å². The number of rotatable bonds is 7. The molecule has 1 aliphatic carbocycles. The molecule has 0 aromatic heterocycles. The Morgan fingerprint density at radius 2 is 1.67 bits per heavy atom. The number of nitrogens with one attached hydrogen (secondary N) is 2.